The molecule has 0 nitrogen and oxygen atoms in total. The van der Waals surface area contributed by atoms with Crippen LogP contribution in [0.5, 0.6) is 0 Å². The summed E-state index contributed by atoms with van der Waals surface area (Å²) in [6, 6.07) is 12.6. The Morgan fingerprint density at radius 1 is 0.818 bits per heavy atom. The lowest BCUT2D eigenvalue weighted by atomic mass is 10.2. The quantitative estimate of drug-likeness (QED) is 0.536. The SMILES string of the molecule is Fc1cc2cccccc-2c1. The summed E-state index contributed by atoms with van der Waals surface area (Å²) in [7, 11) is 0. The molecule has 0 aromatic rings. The van der Waals surface area contributed by atoms with Gasteiger partial charge in [-0.3, -0.25) is 0 Å². The summed E-state index contributed by atoms with van der Waals surface area (Å²) in [6.45, 7) is 0. The fourth-order valence-electron chi connectivity index (χ4n) is 1.18. The zero-order valence-corrected chi connectivity index (χ0v) is 5.92. The fraction of sp³-hybridized carbons (Fsp3) is 0. The average Bonchev–Trinajstić information content (AvgIpc) is 2.17. The molecule has 0 fully saturated rings. The smallest absolute Gasteiger partial charge is 0.124 e. The average molecular weight is 146 g/mol. The van der Waals surface area contributed by atoms with E-state index in [0.29, 0.717) is 0 Å². The van der Waals surface area contributed by atoms with Gasteiger partial charge in [0, 0.05) is 0 Å². The van der Waals surface area contributed by atoms with Gasteiger partial charge < -0.3 is 0 Å². The molecule has 0 bridgehead atoms. The molecule has 0 radical (unpaired) electrons. The molecule has 0 saturated heterocycles. The van der Waals surface area contributed by atoms with Gasteiger partial charge in [-0.05, 0) is 23.3 Å². The van der Waals surface area contributed by atoms with Gasteiger partial charge in [0.2, 0.25) is 0 Å². The second-order valence-electron chi connectivity index (χ2n) is 2.49. The van der Waals surface area contributed by atoms with E-state index in [4.69, 9.17) is 0 Å². The van der Waals surface area contributed by atoms with Gasteiger partial charge in [-0.1, -0.05) is 30.3 Å². The highest BCUT2D eigenvalue weighted by atomic mass is 19.1. The summed E-state index contributed by atoms with van der Waals surface area (Å²) >= 11 is 0. The van der Waals surface area contributed by atoms with Crippen LogP contribution < -0.4 is 0 Å². The third-order valence-electron chi connectivity index (χ3n) is 1.69. The van der Waals surface area contributed by atoms with Crippen LogP contribution >= 0.6 is 0 Å². The maximum Gasteiger partial charge on any atom is 0.124 e. The summed E-state index contributed by atoms with van der Waals surface area (Å²) in [5.74, 6) is -0.161. The summed E-state index contributed by atoms with van der Waals surface area (Å²) in [5, 5.41) is 0. The van der Waals surface area contributed by atoms with E-state index in [1.165, 1.54) is 12.1 Å². The van der Waals surface area contributed by atoms with Crippen LogP contribution in [-0.4, -0.2) is 0 Å². The third-order valence-corrected chi connectivity index (χ3v) is 1.69. The van der Waals surface area contributed by atoms with E-state index < -0.39 is 0 Å². The highest BCUT2D eigenvalue weighted by Crippen LogP contribution is 2.23. The molecule has 0 amide bonds. The van der Waals surface area contributed by atoms with Crippen molar-refractivity contribution in [3.05, 3.63) is 48.3 Å². The predicted octanol–water partition coefficient (Wildman–Crippen LogP) is 2.93. The molecule has 0 aromatic carbocycles. The lowest BCUT2D eigenvalue weighted by Crippen LogP contribution is -1.59. The van der Waals surface area contributed by atoms with Gasteiger partial charge in [0.15, 0.2) is 0 Å². The van der Waals surface area contributed by atoms with E-state index in [1.807, 2.05) is 30.3 Å². The zero-order valence-electron chi connectivity index (χ0n) is 5.92. The first-order chi connectivity index (χ1) is 5.36. The van der Waals surface area contributed by atoms with Crippen molar-refractivity contribution < 1.29 is 4.39 Å². The van der Waals surface area contributed by atoms with E-state index in [2.05, 4.69) is 0 Å². The fourth-order valence-corrected chi connectivity index (χ4v) is 1.18. The number of hydrogen-bond acceptors (Lipinski definition) is 0. The molecule has 0 aromatic heterocycles. The highest BCUT2D eigenvalue weighted by molar-refractivity contribution is 5.65. The van der Waals surface area contributed by atoms with Crippen molar-refractivity contribution in [2.45, 2.75) is 0 Å². The molecule has 0 unspecified atom stereocenters. The third kappa shape index (κ3) is 1.09. The topological polar surface area (TPSA) is 0 Å². The first kappa shape index (κ1) is 6.35. The summed E-state index contributed by atoms with van der Waals surface area (Å²) in [6.07, 6.45) is 0. The largest absolute Gasteiger partial charge is 0.207 e. The van der Waals surface area contributed by atoms with Gasteiger partial charge in [0.1, 0.15) is 5.82 Å². The Morgan fingerprint density at radius 3 is 1.91 bits per heavy atom. The summed E-state index contributed by atoms with van der Waals surface area (Å²) in [5.41, 5.74) is 1.90. The first-order valence-corrected chi connectivity index (χ1v) is 3.50. The maximum absolute atomic E-state index is 12.6. The molecular formula is C10H7F. The van der Waals surface area contributed by atoms with Crippen LogP contribution in [0.4, 0.5) is 4.39 Å². The Balaban J connectivity index is 2.73. The minimum atomic E-state index is -0.161. The van der Waals surface area contributed by atoms with Gasteiger partial charge in [0.05, 0.1) is 0 Å². The van der Waals surface area contributed by atoms with Crippen LogP contribution in [0.1, 0.15) is 0 Å². The van der Waals surface area contributed by atoms with Crippen molar-refractivity contribution >= 4 is 0 Å². The second kappa shape index (κ2) is 2.35. The van der Waals surface area contributed by atoms with E-state index in [9.17, 15) is 4.39 Å². The molecular weight excluding hydrogens is 139 g/mol. The minimum absolute atomic E-state index is 0.161. The van der Waals surface area contributed by atoms with Gasteiger partial charge in [-0.25, -0.2) is 4.39 Å². The molecule has 11 heavy (non-hydrogen) atoms. The van der Waals surface area contributed by atoms with Crippen LogP contribution in [0, 0.1) is 5.82 Å². The molecule has 54 valence electrons. The molecule has 0 spiro atoms. The lowest BCUT2D eigenvalue weighted by molar-refractivity contribution is 0.633. The maximum atomic E-state index is 12.6. The molecule has 0 N–H and O–H groups in total. The molecule has 2 aliphatic rings. The van der Waals surface area contributed by atoms with Gasteiger partial charge in [-0.2, -0.15) is 0 Å². The van der Waals surface area contributed by atoms with Crippen molar-refractivity contribution in [3.8, 4) is 11.1 Å². The Hall–Kier alpha value is -1.37. The van der Waals surface area contributed by atoms with Gasteiger partial charge in [-0.15, -0.1) is 0 Å². The van der Waals surface area contributed by atoms with Crippen LogP contribution in [0.15, 0.2) is 42.5 Å². The zero-order chi connectivity index (χ0) is 7.68. The van der Waals surface area contributed by atoms with Crippen molar-refractivity contribution in [3.63, 3.8) is 0 Å². The van der Waals surface area contributed by atoms with Gasteiger partial charge in [0.25, 0.3) is 0 Å². The molecule has 1 heteroatoms. The van der Waals surface area contributed by atoms with Gasteiger partial charge >= 0.3 is 0 Å². The number of fused-ring (bicyclic) bond motifs is 1. The summed E-state index contributed by atoms with van der Waals surface area (Å²) < 4.78 is 12.6. The van der Waals surface area contributed by atoms with E-state index >= 15 is 0 Å². The minimum Gasteiger partial charge on any atom is -0.207 e. The van der Waals surface area contributed by atoms with Crippen LogP contribution in [0.3, 0.4) is 0 Å². The lowest BCUT2D eigenvalue weighted by Gasteiger charge is -1.85. The molecule has 0 heterocycles. The van der Waals surface area contributed by atoms with E-state index in [0.717, 1.165) is 11.1 Å². The molecule has 2 aliphatic carbocycles. The van der Waals surface area contributed by atoms with Crippen LogP contribution in [0.25, 0.3) is 11.1 Å². The number of halogens is 1. The van der Waals surface area contributed by atoms with Crippen molar-refractivity contribution in [2.24, 2.45) is 0 Å². The van der Waals surface area contributed by atoms with Crippen molar-refractivity contribution in [1.82, 2.24) is 0 Å². The Bertz CT molecular complexity index is 310. The monoisotopic (exact) mass is 146 g/mol. The van der Waals surface area contributed by atoms with Crippen LogP contribution in [-0.2, 0) is 0 Å². The van der Waals surface area contributed by atoms with E-state index in [1.54, 1.807) is 0 Å². The second-order valence-corrected chi connectivity index (χ2v) is 2.49. The number of rotatable bonds is 0. The van der Waals surface area contributed by atoms with E-state index in [-0.39, 0.29) is 5.82 Å². The Morgan fingerprint density at radius 2 is 1.36 bits per heavy atom. The molecule has 0 saturated carbocycles. The molecule has 2 rings (SSSR count). The molecule has 0 aliphatic heterocycles. The number of hydrogen-bond donors (Lipinski definition) is 0. The Labute approximate surface area is 64.6 Å². The highest BCUT2D eigenvalue weighted by Gasteiger charge is 2.02. The van der Waals surface area contributed by atoms with Crippen molar-refractivity contribution in [2.75, 3.05) is 0 Å². The first-order valence-electron chi connectivity index (χ1n) is 3.50. The summed E-state index contributed by atoms with van der Waals surface area (Å²) in [4.78, 5) is 0. The predicted molar refractivity (Wildman–Crippen MR) is 43.0 cm³/mol. The van der Waals surface area contributed by atoms with Crippen molar-refractivity contribution in [1.29, 1.82) is 0 Å². The molecule has 0 atom stereocenters. The Kier molecular flexibility index (Phi) is 1.35. The standard InChI is InChI=1S/C10H7F/c11-10-6-8-4-2-1-3-5-9(8)7-10/h1-7H. The normalized spacial score (nSPS) is 10.3. The van der Waals surface area contributed by atoms with Crippen LogP contribution in [0.2, 0.25) is 0 Å².